The van der Waals surface area contributed by atoms with E-state index in [0.29, 0.717) is 4.47 Å². The zero-order valence-corrected chi connectivity index (χ0v) is 11.7. The number of hydrogen-bond acceptors (Lipinski definition) is 2. The Morgan fingerprint density at radius 3 is 2.71 bits per heavy atom. The van der Waals surface area contributed by atoms with Gasteiger partial charge in [-0.2, -0.15) is 0 Å². The van der Waals surface area contributed by atoms with E-state index in [1.807, 2.05) is 20.0 Å². The van der Waals surface area contributed by atoms with Crippen molar-refractivity contribution in [3.05, 3.63) is 33.5 Å². The number of nitrogens with zero attached hydrogens (tertiary/aromatic N) is 1. The van der Waals surface area contributed by atoms with Crippen LogP contribution in [-0.2, 0) is 6.42 Å². The summed E-state index contributed by atoms with van der Waals surface area (Å²) in [5.41, 5.74) is 2.77. The molecule has 1 heterocycles. The van der Waals surface area contributed by atoms with E-state index in [2.05, 4.69) is 33.2 Å². The maximum absolute atomic E-state index is 13.6. The molecule has 2 rings (SSSR count). The molecule has 1 aromatic carbocycles. The van der Waals surface area contributed by atoms with Gasteiger partial charge in [0, 0.05) is 12.4 Å². The summed E-state index contributed by atoms with van der Waals surface area (Å²) in [5, 5.41) is 3.91. The van der Waals surface area contributed by atoms with Crippen LogP contribution in [0.2, 0.25) is 0 Å². The Morgan fingerprint density at radius 2 is 2.12 bits per heavy atom. The van der Waals surface area contributed by atoms with Gasteiger partial charge in [0.15, 0.2) is 0 Å². The molecule has 2 aromatic rings. The SMILES string of the molecule is CCc1cc2c(Br)c(F)cc(C)c2nc1NC. The highest BCUT2D eigenvalue weighted by Crippen LogP contribution is 2.31. The summed E-state index contributed by atoms with van der Waals surface area (Å²) in [6.45, 7) is 3.93. The van der Waals surface area contributed by atoms with Gasteiger partial charge in [-0.25, -0.2) is 9.37 Å². The molecule has 0 saturated heterocycles. The quantitative estimate of drug-likeness (QED) is 0.904. The predicted octanol–water partition coefficient (Wildman–Crippen LogP) is 4.05. The van der Waals surface area contributed by atoms with Gasteiger partial charge in [0.25, 0.3) is 0 Å². The summed E-state index contributed by atoms with van der Waals surface area (Å²) in [7, 11) is 1.85. The van der Waals surface area contributed by atoms with E-state index in [0.717, 1.165) is 34.3 Å². The van der Waals surface area contributed by atoms with Crippen LogP contribution in [-0.4, -0.2) is 12.0 Å². The highest BCUT2D eigenvalue weighted by atomic mass is 79.9. The van der Waals surface area contributed by atoms with E-state index in [1.54, 1.807) is 0 Å². The molecule has 0 aliphatic rings. The van der Waals surface area contributed by atoms with Crippen molar-refractivity contribution in [1.82, 2.24) is 4.98 Å². The summed E-state index contributed by atoms with van der Waals surface area (Å²) in [6, 6.07) is 3.50. The Kier molecular flexibility index (Phi) is 3.33. The second-order valence-corrected chi connectivity index (χ2v) is 4.78. The number of hydrogen-bond donors (Lipinski definition) is 1. The number of fused-ring (bicyclic) bond motifs is 1. The maximum atomic E-state index is 13.6. The molecule has 17 heavy (non-hydrogen) atoms. The Labute approximate surface area is 108 Å². The molecule has 1 aromatic heterocycles. The first kappa shape index (κ1) is 12.3. The first-order valence-electron chi connectivity index (χ1n) is 5.54. The van der Waals surface area contributed by atoms with Gasteiger partial charge < -0.3 is 5.32 Å². The van der Waals surface area contributed by atoms with E-state index in [1.165, 1.54) is 6.07 Å². The molecule has 0 atom stereocenters. The number of rotatable bonds is 2. The maximum Gasteiger partial charge on any atom is 0.138 e. The highest BCUT2D eigenvalue weighted by Gasteiger charge is 2.12. The van der Waals surface area contributed by atoms with Crippen molar-refractivity contribution < 1.29 is 4.39 Å². The third kappa shape index (κ3) is 2.02. The van der Waals surface area contributed by atoms with Gasteiger partial charge in [0.2, 0.25) is 0 Å². The van der Waals surface area contributed by atoms with Gasteiger partial charge in [0.1, 0.15) is 11.6 Å². The number of pyridine rings is 1. The van der Waals surface area contributed by atoms with E-state index in [9.17, 15) is 4.39 Å². The minimum absolute atomic E-state index is 0.240. The molecule has 0 amide bonds. The third-order valence-corrected chi connectivity index (χ3v) is 3.69. The Morgan fingerprint density at radius 1 is 1.41 bits per heavy atom. The fourth-order valence-electron chi connectivity index (χ4n) is 1.96. The monoisotopic (exact) mass is 296 g/mol. The van der Waals surface area contributed by atoms with Gasteiger partial charge in [-0.05, 0) is 52.5 Å². The first-order chi connectivity index (χ1) is 8.08. The van der Waals surface area contributed by atoms with Gasteiger partial charge in [-0.3, -0.25) is 0 Å². The average Bonchev–Trinajstić information content (AvgIpc) is 2.34. The van der Waals surface area contributed by atoms with Crippen LogP contribution in [0.3, 0.4) is 0 Å². The summed E-state index contributed by atoms with van der Waals surface area (Å²) >= 11 is 3.29. The lowest BCUT2D eigenvalue weighted by molar-refractivity contribution is 0.622. The number of anilines is 1. The molecule has 0 spiro atoms. The molecular formula is C13H14BrFN2. The molecular weight excluding hydrogens is 283 g/mol. The molecule has 0 aliphatic carbocycles. The second kappa shape index (κ2) is 4.61. The minimum atomic E-state index is -0.240. The topological polar surface area (TPSA) is 24.9 Å². The summed E-state index contributed by atoms with van der Waals surface area (Å²) in [4.78, 5) is 4.56. The lowest BCUT2D eigenvalue weighted by Gasteiger charge is -2.11. The van der Waals surface area contributed by atoms with Crippen LogP contribution in [0.1, 0.15) is 18.1 Å². The Bertz CT molecular complexity index is 581. The number of aryl methyl sites for hydroxylation is 2. The fraction of sp³-hybridized carbons (Fsp3) is 0.308. The molecule has 0 fully saturated rings. The van der Waals surface area contributed by atoms with Gasteiger partial charge >= 0.3 is 0 Å². The van der Waals surface area contributed by atoms with Crippen LogP contribution in [0.5, 0.6) is 0 Å². The molecule has 0 radical (unpaired) electrons. The van der Waals surface area contributed by atoms with Gasteiger partial charge in [-0.1, -0.05) is 6.92 Å². The number of aromatic nitrogens is 1. The van der Waals surface area contributed by atoms with E-state index in [-0.39, 0.29) is 5.82 Å². The Hall–Kier alpha value is -1.16. The van der Waals surface area contributed by atoms with Gasteiger partial charge in [-0.15, -0.1) is 0 Å². The van der Waals surface area contributed by atoms with Crippen LogP contribution in [0.25, 0.3) is 10.9 Å². The number of nitrogens with one attached hydrogen (secondary N) is 1. The van der Waals surface area contributed by atoms with Crippen LogP contribution in [0.15, 0.2) is 16.6 Å². The Balaban J connectivity index is 2.87. The zero-order valence-electron chi connectivity index (χ0n) is 10.1. The van der Waals surface area contributed by atoms with Crippen molar-refractivity contribution in [2.24, 2.45) is 0 Å². The van der Waals surface area contributed by atoms with Crippen molar-refractivity contribution in [3.8, 4) is 0 Å². The molecule has 4 heteroatoms. The lowest BCUT2D eigenvalue weighted by Crippen LogP contribution is -2.00. The van der Waals surface area contributed by atoms with E-state index >= 15 is 0 Å². The minimum Gasteiger partial charge on any atom is -0.373 e. The standard InChI is InChI=1S/C13H14BrFN2/c1-4-8-6-9-11(14)10(15)5-7(2)12(9)17-13(8)16-3/h5-6H,4H2,1-3H3,(H,16,17). The summed E-state index contributed by atoms with van der Waals surface area (Å²) < 4.78 is 14.1. The number of halogens is 2. The van der Waals surface area contributed by atoms with Crippen LogP contribution in [0.4, 0.5) is 10.2 Å². The van der Waals surface area contributed by atoms with Crippen LogP contribution >= 0.6 is 15.9 Å². The van der Waals surface area contributed by atoms with Crippen molar-refractivity contribution in [2.45, 2.75) is 20.3 Å². The van der Waals surface area contributed by atoms with Crippen LogP contribution < -0.4 is 5.32 Å². The molecule has 0 bridgehead atoms. The molecule has 90 valence electrons. The smallest absolute Gasteiger partial charge is 0.138 e. The molecule has 0 unspecified atom stereocenters. The van der Waals surface area contributed by atoms with Crippen LogP contribution in [0, 0.1) is 12.7 Å². The molecule has 0 saturated carbocycles. The van der Waals surface area contributed by atoms with E-state index < -0.39 is 0 Å². The van der Waals surface area contributed by atoms with Crippen molar-refractivity contribution >= 4 is 32.7 Å². The summed E-state index contributed by atoms with van der Waals surface area (Å²) in [6.07, 6.45) is 0.862. The zero-order chi connectivity index (χ0) is 12.6. The normalized spacial score (nSPS) is 10.9. The lowest BCUT2D eigenvalue weighted by atomic mass is 10.1. The average molecular weight is 297 g/mol. The molecule has 1 N–H and O–H groups in total. The first-order valence-corrected chi connectivity index (χ1v) is 6.33. The molecule has 2 nitrogen and oxygen atoms in total. The van der Waals surface area contributed by atoms with Crippen molar-refractivity contribution in [2.75, 3.05) is 12.4 Å². The highest BCUT2D eigenvalue weighted by molar-refractivity contribution is 9.10. The van der Waals surface area contributed by atoms with Crippen molar-refractivity contribution in [1.29, 1.82) is 0 Å². The van der Waals surface area contributed by atoms with Crippen molar-refractivity contribution in [3.63, 3.8) is 0 Å². The number of benzene rings is 1. The van der Waals surface area contributed by atoms with E-state index in [4.69, 9.17) is 0 Å². The molecule has 0 aliphatic heterocycles. The largest absolute Gasteiger partial charge is 0.373 e. The fourth-order valence-corrected chi connectivity index (χ4v) is 2.38. The predicted molar refractivity (Wildman–Crippen MR) is 73.1 cm³/mol. The van der Waals surface area contributed by atoms with Gasteiger partial charge in [0.05, 0.1) is 9.99 Å². The summed E-state index contributed by atoms with van der Waals surface area (Å²) in [5.74, 6) is 0.623. The third-order valence-electron chi connectivity index (χ3n) is 2.88. The second-order valence-electron chi connectivity index (χ2n) is 3.99.